The first-order valence-electron chi connectivity index (χ1n) is 8.55. The van der Waals surface area contributed by atoms with Gasteiger partial charge in [-0.05, 0) is 43.2 Å². The van der Waals surface area contributed by atoms with Crippen molar-refractivity contribution in [3.63, 3.8) is 0 Å². The van der Waals surface area contributed by atoms with E-state index in [1.165, 1.54) is 11.8 Å². The summed E-state index contributed by atoms with van der Waals surface area (Å²) in [7, 11) is 0. The predicted octanol–water partition coefficient (Wildman–Crippen LogP) is 3.92. The molecule has 134 valence electrons. The monoisotopic (exact) mass is 387 g/mol. The lowest BCUT2D eigenvalue weighted by Crippen LogP contribution is -2.28. The summed E-state index contributed by atoms with van der Waals surface area (Å²) in [4.78, 5) is 22.1. The highest BCUT2D eigenvalue weighted by Crippen LogP contribution is 2.24. The summed E-state index contributed by atoms with van der Waals surface area (Å²) in [6.45, 7) is 1.28. The summed E-state index contributed by atoms with van der Waals surface area (Å²) in [5.41, 5.74) is 1.52. The fraction of sp³-hybridized carbons (Fsp3) is 0.316. The standard InChI is InChI=1S/C19H18ClN3O2S/c20-13-6-7-16-17(10-13)22-19(26-12-14-4-1-2-8-21-14)23(18(16)24)11-15-5-3-9-25-15/h1-2,4,6-8,10,15H,3,5,9,11-12H2. The Balaban J connectivity index is 1.72. The van der Waals surface area contributed by atoms with Crippen LogP contribution in [-0.4, -0.2) is 27.2 Å². The van der Waals surface area contributed by atoms with Crippen LogP contribution in [0.1, 0.15) is 18.5 Å². The maximum Gasteiger partial charge on any atom is 0.262 e. The van der Waals surface area contributed by atoms with Crippen molar-refractivity contribution in [2.75, 3.05) is 6.61 Å². The molecule has 3 aromatic rings. The van der Waals surface area contributed by atoms with Crippen LogP contribution in [0.3, 0.4) is 0 Å². The van der Waals surface area contributed by atoms with Crippen molar-refractivity contribution in [3.8, 4) is 0 Å². The van der Waals surface area contributed by atoms with Crippen molar-refractivity contribution in [2.45, 2.75) is 36.4 Å². The van der Waals surface area contributed by atoms with Crippen molar-refractivity contribution in [1.29, 1.82) is 0 Å². The summed E-state index contributed by atoms with van der Waals surface area (Å²) < 4.78 is 7.47. The van der Waals surface area contributed by atoms with Gasteiger partial charge in [0.05, 0.1) is 29.2 Å². The van der Waals surface area contributed by atoms with Gasteiger partial charge in [0.25, 0.3) is 5.56 Å². The van der Waals surface area contributed by atoms with Gasteiger partial charge < -0.3 is 4.74 Å². The van der Waals surface area contributed by atoms with E-state index in [0.717, 1.165) is 25.1 Å². The largest absolute Gasteiger partial charge is 0.376 e. The number of thioether (sulfide) groups is 1. The second-order valence-corrected chi connectivity index (χ2v) is 7.60. The van der Waals surface area contributed by atoms with Crippen LogP contribution in [0.15, 0.2) is 52.5 Å². The molecular weight excluding hydrogens is 370 g/mol. The summed E-state index contributed by atoms with van der Waals surface area (Å²) >= 11 is 7.60. The third-order valence-corrected chi connectivity index (χ3v) is 5.61. The number of ether oxygens (including phenoxy) is 1. The number of hydrogen-bond acceptors (Lipinski definition) is 5. The molecule has 26 heavy (non-hydrogen) atoms. The number of pyridine rings is 1. The van der Waals surface area contributed by atoms with E-state index in [1.807, 2.05) is 18.2 Å². The van der Waals surface area contributed by atoms with Gasteiger partial charge in [-0.1, -0.05) is 29.4 Å². The van der Waals surface area contributed by atoms with Gasteiger partial charge in [-0.15, -0.1) is 0 Å². The first-order chi connectivity index (χ1) is 12.7. The van der Waals surface area contributed by atoms with Crippen LogP contribution in [0, 0.1) is 0 Å². The SMILES string of the molecule is O=c1c2ccc(Cl)cc2nc(SCc2ccccn2)n1CC1CCCO1. The molecule has 0 N–H and O–H groups in total. The lowest BCUT2D eigenvalue weighted by atomic mass is 10.2. The first kappa shape index (κ1) is 17.5. The van der Waals surface area contributed by atoms with Crippen molar-refractivity contribution in [3.05, 3.63) is 63.7 Å². The number of halogens is 1. The predicted molar refractivity (Wildman–Crippen MR) is 104 cm³/mol. The number of benzene rings is 1. The molecule has 7 heteroatoms. The van der Waals surface area contributed by atoms with Crippen molar-refractivity contribution in [2.24, 2.45) is 0 Å². The van der Waals surface area contributed by atoms with Crippen LogP contribution in [-0.2, 0) is 17.0 Å². The molecule has 1 aliphatic heterocycles. The van der Waals surface area contributed by atoms with Gasteiger partial charge in [-0.25, -0.2) is 4.98 Å². The average Bonchev–Trinajstić information content (AvgIpc) is 3.16. The Kier molecular flexibility index (Phi) is 5.24. The molecule has 1 atom stereocenters. The molecule has 4 rings (SSSR count). The Bertz CT molecular complexity index is 972. The van der Waals surface area contributed by atoms with E-state index in [2.05, 4.69) is 4.98 Å². The van der Waals surface area contributed by atoms with E-state index in [9.17, 15) is 4.79 Å². The van der Waals surface area contributed by atoms with Gasteiger partial charge in [-0.2, -0.15) is 0 Å². The minimum atomic E-state index is -0.0503. The Morgan fingerprint density at radius 1 is 1.31 bits per heavy atom. The van der Waals surface area contributed by atoms with Gasteiger partial charge in [0.15, 0.2) is 5.16 Å². The second kappa shape index (κ2) is 7.78. The molecule has 1 fully saturated rings. The van der Waals surface area contributed by atoms with Crippen molar-refractivity contribution in [1.82, 2.24) is 14.5 Å². The molecule has 0 amide bonds. The fourth-order valence-electron chi connectivity index (χ4n) is 3.06. The van der Waals surface area contributed by atoms with Crippen molar-refractivity contribution >= 4 is 34.3 Å². The van der Waals surface area contributed by atoms with Gasteiger partial charge in [0, 0.05) is 23.6 Å². The minimum absolute atomic E-state index is 0.0503. The Hall–Kier alpha value is -1.89. The molecule has 0 spiro atoms. The summed E-state index contributed by atoms with van der Waals surface area (Å²) in [5, 5.41) is 1.82. The third-order valence-electron chi connectivity index (χ3n) is 4.37. The molecule has 0 aliphatic carbocycles. The Morgan fingerprint density at radius 3 is 3.00 bits per heavy atom. The highest BCUT2D eigenvalue weighted by molar-refractivity contribution is 7.98. The Labute approximate surface area is 160 Å². The van der Waals surface area contributed by atoms with E-state index >= 15 is 0 Å². The van der Waals surface area contributed by atoms with E-state index in [4.69, 9.17) is 21.3 Å². The second-order valence-electron chi connectivity index (χ2n) is 6.22. The van der Waals surface area contributed by atoms with E-state index in [-0.39, 0.29) is 11.7 Å². The first-order valence-corrected chi connectivity index (χ1v) is 9.91. The molecule has 0 radical (unpaired) electrons. The average molecular weight is 388 g/mol. The molecule has 1 unspecified atom stereocenters. The number of fused-ring (bicyclic) bond motifs is 1. The number of aromatic nitrogens is 3. The zero-order chi connectivity index (χ0) is 17.9. The molecule has 1 saturated heterocycles. The zero-order valence-corrected chi connectivity index (χ0v) is 15.7. The van der Waals surface area contributed by atoms with E-state index < -0.39 is 0 Å². The highest BCUT2D eigenvalue weighted by Gasteiger charge is 2.20. The smallest absolute Gasteiger partial charge is 0.262 e. The third kappa shape index (κ3) is 3.77. The van der Waals surface area contributed by atoms with Crippen LogP contribution in [0.25, 0.3) is 10.9 Å². The number of hydrogen-bond donors (Lipinski definition) is 0. The normalized spacial score (nSPS) is 17.0. The lowest BCUT2D eigenvalue weighted by Gasteiger charge is -2.16. The van der Waals surface area contributed by atoms with Crippen LogP contribution in [0.4, 0.5) is 0 Å². The number of rotatable bonds is 5. The minimum Gasteiger partial charge on any atom is -0.376 e. The van der Waals surface area contributed by atoms with Crippen LogP contribution >= 0.6 is 23.4 Å². The van der Waals surface area contributed by atoms with Gasteiger partial charge in [-0.3, -0.25) is 14.3 Å². The summed E-state index contributed by atoms with van der Waals surface area (Å²) in [6, 6.07) is 11.0. The van der Waals surface area contributed by atoms with Crippen LogP contribution in [0.5, 0.6) is 0 Å². The van der Waals surface area contributed by atoms with E-state index in [1.54, 1.807) is 29.0 Å². The molecule has 1 aliphatic rings. The van der Waals surface area contributed by atoms with Gasteiger partial charge >= 0.3 is 0 Å². The molecule has 0 bridgehead atoms. The molecule has 0 saturated carbocycles. The van der Waals surface area contributed by atoms with E-state index in [0.29, 0.717) is 33.4 Å². The summed E-state index contributed by atoms with van der Waals surface area (Å²) in [6.07, 6.45) is 3.83. The Morgan fingerprint density at radius 2 is 2.23 bits per heavy atom. The highest BCUT2D eigenvalue weighted by atomic mass is 35.5. The lowest BCUT2D eigenvalue weighted by molar-refractivity contribution is 0.0937. The van der Waals surface area contributed by atoms with Crippen molar-refractivity contribution < 1.29 is 4.74 Å². The zero-order valence-electron chi connectivity index (χ0n) is 14.1. The molecule has 2 aromatic heterocycles. The van der Waals surface area contributed by atoms with Crippen LogP contribution in [0.2, 0.25) is 5.02 Å². The van der Waals surface area contributed by atoms with Crippen LogP contribution < -0.4 is 5.56 Å². The van der Waals surface area contributed by atoms with Gasteiger partial charge in [0.1, 0.15) is 0 Å². The quantitative estimate of drug-likeness (QED) is 0.490. The molecular formula is C19H18ClN3O2S. The molecule has 5 nitrogen and oxygen atoms in total. The number of nitrogens with zero attached hydrogens (tertiary/aromatic N) is 3. The topological polar surface area (TPSA) is 57.0 Å². The maximum absolute atomic E-state index is 13.1. The van der Waals surface area contributed by atoms with Gasteiger partial charge in [0.2, 0.25) is 0 Å². The maximum atomic E-state index is 13.1. The molecule has 1 aromatic carbocycles. The fourth-order valence-corrected chi connectivity index (χ4v) is 4.15. The molecule has 3 heterocycles. The summed E-state index contributed by atoms with van der Waals surface area (Å²) in [5.74, 6) is 0.644.